The van der Waals surface area contributed by atoms with Crippen molar-refractivity contribution in [2.24, 2.45) is 0 Å². The Labute approximate surface area is 145 Å². The average molecular weight is 336 g/mol. The Bertz CT molecular complexity index is 846. The molecular weight excluding hydrogens is 319 g/mol. The van der Waals surface area contributed by atoms with E-state index in [0.29, 0.717) is 23.7 Å². The summed E-state index contributed by atoms with van der Waals surface area (Å²) in [6.07, 6.45) is 2.90. The minimum atomic E-state index is -0.356. The summed E-state index contributed by atoms with van der Waals surface area (Å²) in [5.74, 6) is -0.263. The smallest absolute Gasteiger partial charge is 0.258 e. The number of aryl methyl sites for hydroxylation is 1. The molecule has 126 valence electrons. The predicted octanol–water partition coefficient (Wildman–Crippen LogP) is 3.79. The first-order valence-electron chi connectivity index (χ1n) is 7.78. The van der Waals surface area contributed by atoms with Gasteiger partial charge in [-0.1, -0.05) is 29.8 Å². The van der Waals surface area contributed by atoms with Crippen molar-refractivity contribution < 1.29 is 9.18 Å². The summed E-state index contributed by atoms with van der Waals surface area (Å²) in [6, 6.07) is 13.7. The van der Waals surface area contributed by atoms with E-state index in [4.69, 9.17) is 0 Å². The second-order valence-electron chi connectivity index (χ2n) is 5.60. The molecule has 0 unspecified atom stereocenters. The van der Waals surface area contributed by atoms with E-state index in [0.717, 1.165) is 5.56 Å². The molecule has 0 radical (unpaired) electrons. The number of hydrogen-bond donors (Lipinski definition) is 2. The van der Waals surface area contributed by atoms with Gasteiger partial charge in [0.25, 0.3) is 5.91 Å². The average Bonchev–Trinajstić information content (AvgIpc) is 2.63. The van der Waals surface area contributed by atoms with Crippen molar-refractivity contribution in [1.29, 1.82) is 0 Å². The van der Waals surface area contributed by atoms with Crippen LogP contribution in [-0.2, 0) is 6.54 Å². The number of hydrogen-bond acceptors (Lipinski definition) is 4. The summed E-state index contributed by atoms with van der Waals surface area (Å²) in [7, 11) is 0. The van der Waals surface area contributed by atoms with Gasteiger partial charge in [-0.25, -0.2) is 14.4 Å². The van der Waals surface area contributed by atoms with Gasteiger partial charge in [-0.3, -0.25) is 4.79 Å². The van der Waals surface area contributed by atoms with Crippen LogP contribution in [0.2, 0.25) is 0 Å². The summed E-state index contributed by atoms with van der Waals surface area (Å²) in [6.45, 7) is 2.64. The van der Waals surface area contributed by atoms with Gasteiger partial charge in [-0.05, 0) is 36.8 Å². The van der Waals surface area contributed by atoms with Gasteiger partial charge in [0.1, 0.15) is 5.82 Å². The second-order valence-corrected chi connectivity index (χ2v) is 5.60. The van der Waals surface area contributed by atoms with Gasteiger partial charge >= 0.3 is 0 Å². The number of carbonyl (C=O) groups is 1. The first kappa shape index (κ1) is 16.6. The highest BCUT2D eigenvalue weighted by molar-refractivity contribution is 6.03. The van der Waals surface area contributed by atoms with Gasteiger partial charge in [-0.2, -0.15) is 0 Å². The Balaban J connectivity index is 1.58. The number of amides is 1. The van der Waals surface area contributed by atoms with Crippen LogP contribution in [0.25, 0.3) is 0 Å². The zero-order valence-electron chi connectivity index (χ0n) is 13.7. The fraction of sp³-hybridized carbons (Fsp3) is 0.105. The molecule has 0 aliphatic rings. The zero-order chi connectivity index (χ0) is 17.6. The van der Waals surface area contributed by atoms with Gasteiger partial charge < -0.3 is 10.6 Å². The van der Waals surface area contributed by atoms with Crippen molar-refractivity contribution in [2.75, 3.05) is 10.6 Å². The van der Waals surface area contributed by atoms with Crippen molar-refractivity contribution in [2.45, 2.75) is 13.5 Å². The van der Waals surface area contributed by atoms with Crippen LogP contribution in [0.3, 0.4) is 0 Å². The maximum Gasteiger partial charge on any atom is 0.258 e. The molecule has 0 bridgehead atoms. The number of nitrogens with one attached hydrogen (secondary N) is 2. The standard InChI is InChI=1S/C19H17FN4O/c1-13-2-4-14(5-3-13)10-21-19-22-11-15(12-23-19)18(25)24-17-8-6-16(20)7-9-17/h2-9,11-12H,10H2,1H3,(H,24,25)(H,21,22,23). The van der Waals surface area contributed by atoms with E-state index >= 15 is 0 Å². The van der Waals surface area contributed by atoms with Crippen molar-refractivity contribution in [3.63, 3.8) is 0 Å². The van der Waals surface area contributed by atoms with Crippen LogP contribution in [0.5, 0.6) is 0 Å². The van der Waals surface area contributed by atoms with Gasteiger partial charge in [0.2, 0.25) is 5.95 Å². The van der Waals surface area contributed by atoms with Crippen molar-refractivity contribution in [1.82, 2.24) is 9.97 Å². The summed E-state index contributed by atoms with van der Waals surface area (Å²) in [5.41, 5.74) is 3.15. The monoisotopic (exact) mass is 336 g/mol. The molecule has 5 nitrogen and oxygen atoms in total. The molecule has 1 heterocycles. The normalized spacial score (nSPS) is 10.3. The molecule has 0 aliphatic heterocycles. The van der Waals surface area contributed by atoms with E-state index in [9.17, 15) is 9.18 Å². The fourth-order valence-corrected chi connectivity index (χ4v) is 2.16. The largest absolute Gasteiger partial charge is 0.350 e. The van der Waals surface area contributed by atoms with Gasteiger partial charge in [0.15, 0.2) is 0 Å². The SMILES string of the molecule is Cc1ccc(CNc2ncc(C(=O)Nc3ccc(F)cc3)cn2)cc1. The van der Waals surface area contributed by atoms with Crippen molar-refractivity contribution in [3.05, 3.63) is 83.4 Å². The van der Waals surface area contributed by atoms with E-state index in [2.05, 4.69) is 20.6 Å². The molecular formula is C19H17FN4O. The van der Waals surface area contributed by atoms with E-state index in [1.54, 1.807) is 0 Å². The third-order valence-electron chi connectivity index (χ3n) is 3.59. The molecule has 2 N–H and O–H groups in total. The fourth-order valence-electron chi connectivity index (χ4n) is 2.16. The zero-order valence-corrected chi connectivity index (χ0v) is 13.7. The number of nitrogens with zero attached hydrogens (tertiary/aromatic N) is 2. The molecule has 25 heavy (non-hydrogen) atoms. The van der Waals surface area contributed by atoms with Crippen LogP contribution in [0.15, 0.2) is 60.9 Å². The number of rotatable bonds is 5. The molecule has 1 amide bonds. The number of halogens is 1. The predicted molar refractivity (Wildman–Crippen MR) is 94.9 cm³/mol. The van der Waals surface area contributed by atoms with Crippen LogP contribution < -0.4 is 10.6 Å². The lowest BCUT2D eigenvalue weighted by Crippen LogP contribution is -2.13. The number of carbonyl (C=O) groups excluding carboxylic acids is 1. The molecule has 6 heteroatoms. The quantitative estimate of drug-likeness (QED) is 0.744. The molecule has 0 fully saturated rings. The van der Waals surface area contributed by atoms with Crippen LogP contribution in [0.4, 0.5) is 16.0 Å². The molecule has 2 aromatic carbocycles. The first-order valence-corrected chi connectivity index (χ1v) is 7.78. The lowest BCUT2D eigenvalue weighted by atomic mass is 10.1. The van der Waals surface area contributed by atoms with Crippen molar-refractivity contribution >= 4 is 17.5 Å². The minimum absolute atomic E-state index is 0.324. The molecule has 0 saturated carbocycles. The molecule has 0 saturated heterocycles. The lowest BCUT2D eigenvalue weighted by Gasteiger charge is -2.07. The Morgan fingerprint density at radius 1 is 1.00 bits per heavy atom. The van der Waals surface area contributed by atoms with Gasteiger partial charge in [0.05, 0.1) is 5.56 Å². The lowest BCUT2D eigenvalue weighted by molar-refractivity contribution is 0.102. The summed E-state index contributed by atoms with van der Waals surface area (Å²) >= 11 is 0. The van der Waals surface area contributed by atoms with Crippen LogP contribution >= 0.6 is 0 Å². The number of aromatic nitrogens is 2. The molecule has 3 rings (SSSR count). The topological polar surface area (TPSA) is 66.9 Å². The third-order valence-corrected chi connectivity index (χ3v) is 3.59. The van der Waals surface area contributed by atoms with Gasteiger partial charge in [-0.15, -0.1) is 0 Å². The Kier molecular flexibility index (Phi) is 4.99. The third kappa shape index (κ3) is 4.60. The van der Waals surface area contributed by atoms with Crippen LogP contribution in [-0.4, -0.2) is 15.9 Å². The maximum atomic E-state index is 12.9. The highest BCUT2D eigenvalue weighted by Gasteiger charge is 2.08. The first-order chi connectivity index (χ1) is 12.1. The number of benzene rings is 2. The minimum Gasteiger partial charge on any atom is -0.350 e. The van der Waals surface area contributed by atoms with Crippen molar-refractivity contribution in [3.8, 4) is 0 Å². The highest BCUT2D eigenvalue weighted by Crippen LogP contribution is 2.11. The molecule has 0 spiro atoms. The van der Waals surface area contributed by atoms with E-state index in [-0.39, 0.29) is 11.7 Å². The molecule has 0 aliphatic carbocycles. The highest BCUT2D eigenvalue weighted by atomic mass is 19.1. The Morgan fingerprint density at radius 3 is 2.28 bits per heavy atom. The van der Waals surface area contributed by atoms with Crippen LogP contribution in [0, 0.1) is 12.7 Å². The molecule has 0 atom stereocenters. The number of anilines is 2. The Hall–Kier alpha value is -3.28. The van der Waals surface area contributed by atoms with E-state index in [1.165, 1.54) is 42.2 Å². The maximum absolute atomic E-state index is 12.9. The molecule has 3 aromatic rings. The molecule has 1 aromatic heterocycles. The summed E-state index contributed by atoms with van der Waals surface area (Å²) in [4.78, 5) is 20.4. The summed E-state index contributed by atoms with van der Waals surface area (Å²) in [5, 5.41) is 5.77. The van der Waals surface area contributed by atoms with E-state index in [1.807, 2.05) is 31.2 Å². The van der Waals surface area contributed by atoms with Crippen LogP contribution in [0.1, 0.15) is 21.5 Å². The Morgan fingerprint density at radius 2 is 1.64 bits per heavy atom. The van der Waals surface area contributed by atoms with Gasteiger partial charge in [0, 0.05) is 24.6 Å². The second kappa shape index (κ2) is 7.53. The van der Waals surface area contributed by atoms with E-state index < -0.39 is 0 Å². The summed E-state index contributed by atoms with van der Waals surface area (Å²) < 4.78 is 12.9.